The summed E-state index contributed by atoms with van der Waals surface area (Å²) in [7, 11) is 0. The number of rotatable bonds is 8. The number of anilines is 1. The van der Waals surface area contributed by atoms with E-state index in [0.29, 0.717) is 34.7 Å². The van der Waals surface area contributed by atoms with Gasteiger partial charge in [0.25, 0.3) is 0 Å². The quantitative estimate of drug-likeness (QED) is 0.389. The fraction of sp³-hybridized carbons (Fsp3) is 0.222. The van der Waals surface area contributed by atoms with E-state index in [0.717, 1.165) is 17.7 Å². The molecule has 0 aromatic heterocycles. The van der Waals surface area contributed by atoms with Gasteiger partial charge in [-0.2, -0.15) is 0 Å². The normalized spacial score (nSPS) is 16.9. The molecule has 180 valence electrons. The Morgan fingerprint density at radius 3 is 2.49 bits per heavy atom. The van der Waals surface area contributed by atoms with Gasteiger partial charge in [0, 0.05) is 17.1 Å². The summed E-state index contributed by atoms with van der Waals surface area (Å²) >= 11 is 7.30. The lowest BCUT2D eigenvalue weighted by Crippen LogP contribution is -2.44. The molecule has 1 saturated heterocycles. The van der Waals surface area contributed by atoms with Crippen molar-refractivity contribution in [3.05, 3.63) is 89.4 Å². The smallest absolute Gasteiger partial charge is 0.238 e. The molecule has 35 heavy (non-hydrogen) atoms. The molecule has 3 aromatic rings. The molecule has 3 aromatic carbocycles. The molecule has 1 heterocycles. The summed E-state index contributed by atoms with van der Waals surface area (Å²) in [4.78, 5) is 32.6. The predicted molar refractivity (Wildman–Crippen MR) is 142 cm³/mol. The van der Waals surface area contributed by atoms with E-state index < -0.39 is 5.25 Å². The highest BCUT2D eigenvalue weighted by Gasteiger charge is 2.36. The van der Waals surface area contributed by atoms with Gasteiger partial charge in [0.1, 0.15) is 11.0 Å². The zero-order valence-electron chi connectivity index (χ0n) is 19.3. The Hall–Kier alpha value is -3.29. The third-order valence-corrected chi connectivity index (χ3v) is 6.70. The minimum atomic E-state index is -0.600. The van der Waals surface area contributed by atoms with Gasteiger partial charge in [-0.05, 0) is 60.5 Å². The highest BCUT2D eigenvalue weighted by molar-refractivity contribution is 8.15. The molecular formula is C27H26ClN3O3S. The number of halogens is 1. The Bertz CT molecular complexity index is 1180. The summed E-state index contributed by atoms with van der Waals surface area (Å²) in [6.45, 7) is 3.07. The van der Waals surface area contributed by atoms with Crippen molar-refractivity contribution in [2.75, 3.05) is 11.9 Å². The molecule has 0 spiro atoms. The molecule has 1 aliphatic heterocycles. The lowest BCUT2D eigenvalue weighted by Gasteiger charge is -2.32. The average molecular weight is 508 g/mol. The van der Waals surface area contributed by atoms with Crippen molar-refractivity contribution in [3.63, 3.8) is 0 Å². The number of hydrogen-bond acceptors (Lipinski definition) is 5. The lowest BCUT2D eigenvalue weighted by atomic mass is 10.2. The third kappa shape index (κ3) is 6.87. The molecule has 0 bridgehead atoms. The number of amidine groups is 1. The van der Waals surface area contributed by atoms with Crippen LogP contribution < -0.4 is 10.1 Å². The highest BCUT2D eigenvalue weighted by Crippen LogP contribution is 2.31. The SMILES string of the molecule is CCCOc1ccc(NC(=O)C2CC(=O)N(Cc3ccccc3)C(=Nc3ccc(Cl)cc3)S2)cc1. The second-order valence-corrected chi connectivity index (χ2v) is 9.62. The molecule has 2 amide bonds. The largest absolute Gasteiger partial charge is 0.494 e. The fourth-order valence-corrected chi connectivity index (χ4v) is 4.69. The Kier molecular flexibility index (Phi) is 8.45. The molecule has 6 nitrogen and oxygen atoms in total. The number of ether oxygens (including phenoxy) is 1. The number of thioether (sulfide) groups is 1. The molecule has 1 unspecified atom stereocenters. The van der Waals surface area contributed by atoms with E-state index in [1.807, 2.05) is 49.4 Å². The molecule has 0 saturated carbocycles. The first-order valence-corrected chi connectivity index (χ1v) is 12.7. The summed E-state index contributed by atoms with van der Waals surface area (Å²) in [5, 5.41) is 3.40. The molecule has 0 aliphatic carbocycles. The van der Waals surface area contributed by atoms with Gasteiger partial charge in [-0.3, -0.25) is 14.5 Å². The number of amides is 2. The van der Waals surface area contributed by atoms with E-state index in [1.165, 1.54) is 11.8 Å². The van der Waals surface area contributed by atoms with E-state index >= 15 is 0 Å². The Morgan fingerprint density at radius 1 is 1.09 bits per heavy atom. The van der Waals surface area contributed by atoms with Gasteiger partial charge < -0.3 is 10.1 Å². The number of benzene rings is 3. The molecule has 8 heteroatoms. The number of aliphatic imine (C=N–C) groups is 1. The Labute approximate surface area is 214 Å². The summed E-state index contributed by atoms with van der Waals surface area (Å²) in [6, 6.07) is 24.0. The van der Waals surface area contributed by atoms with E-state index in [1.54, 1.807) is 41.3 Å². The topological polar surface area (TPSA) is 71.0 Å². The molecule has 1 atom stereocenters. The molecule has 0 radical (unpaired) electrons. The first-order chi connectivity index (χ1) is 17.0. The van der Waals surface area contributed by atoms with E-state index in [9.17, 15) is 9.59 Å². The minimum absolute atomic E-state index is 0.0840. The monoisotopic (exact) mass is 507 g/mol. The number of carbonyl (C=O) groups excluding carboxylic acids is 2. The van der Waals surface area contributed by atoms with E-state index in [2.05, 4.69) is 5.32 Å². The van der Waals surface area contributed by atoms with Crippen LogP contribution in [0.15, 0.2) is 83.9 Å². The number of carbonyl (C=O) groups is 2. The summed E-state index contributed by atoms with van der Waals surface area (Å²) in [6.07, 6.45) is 1.01. The zero-order valence-corrected chi connectivity index (χ0v) is 20.9. The second kappa shape index (κ2) is 11.9. The van der Waals surface area contributed by atoms with Crippen LogP contribution in [0.25, 0.3) is 0 Å². The van der Waals surface area contributed by atoms with Crippen molar-refractivity contribution >= 4 is 51.7 Å². The summed E-state index contributed by atoms with van der Waals surface area (Å²) in [5.74, 6) is 0.360. The molecule has 4 rings (SSSR count). The molecule has 1 N–H and O–H groups in total. The van der Waals surface area contributed by atoms with Gasteiger partial charge in [-0.1, -0.05) is 60.6 Å². The number of hydrogen-bond donors (Lipinski definition) is 1. The molecular weight excluding hydrogens is 482 g/mol. The number of nitrogens with zero attached hydrogens (tertiary/aromatic N) is 2. The first-order valence-electron chi connectivity index (χ1n) is 11.4. The summed E-state index contributed by atoms with van der Waals surface area (Å²) < 4.78 is 5.59. The van der Waals surface area contributed by atoms with Crippen molar-refractivity contribution in [2.45, 2.75) is 31.6 Å². The predicted octanol–water partition coefficient (Wildman–Crippen LogP) is 6.29. The van der Waals surface area contributed by atoms with Crippen LogP contribution in [0.5, 0.6) is 5.75 Å². The van der Waals surface area contributed by atoms with Crippen LogP contribution in [0.2, 0.25) is 5.02 Å². The van der Waals surface area contributed by atoms with Crippen LogP contribution in [0.4, 0.5) is 11.4 Å². The van der Waals surface area contributed by atoms with Crippen molar-refractivity contribution in [3.8, 4) is 5.75 Å². The first kappa shape index (κ1) is 24.8. The maximum Gasteiger partial charge on any atom is 0.238 e. The fourth-order valence-electron chi connectivity index (χ4n) is 3.47. The van der Waals surface area contributed by atoms with E-state index in [4.69, 9.17) is 21.3 Å². The van der Waals surface area contributed by atoms with Gasteiger partial charge in [0.05, 0.1) is 18.8 Å². The van der Waals surface area contributed by atoms with Gasteiger partial charge in [0.2, 0.25) is 11.8 Å². The molecule has 1 aliphatic rings. The molecule has 1 fully saturated rings. The van der Waals surface area contributed by atoms with Crippen LogP contribution in [0, 0.1) is 0 Å². The van der Waals surface area contributed by atoms with E-state index in [-0.39, 0.29) is 18.2 Å². The van der Waals surface area contributed by atoms with Gasteiger partial charge in [-0.15, -0.1) is 0 Å². The van der Waals surface area contributed by atoms with Crippen molar-refractivity contribution in [1.82, 2.24) is 4.90 Å². The minimum Gasteiger partial charge on any atom is -0.494 e. The average Bonchev–Trinajstić information content (AvgIpc) is 2.87. The van der Waals surface area contributed by atoms with Crippen LogP contribution >= 0.6 is 23.4 Å². The van der Waals surface area contributed by atoms with Gasteiger partial charge in [0.15, 0.2) is 5.17 Å². The van der Waals surface area contributed by atoms with Gasteiger partial charge >= 0.3 is 0 Å². The Balaban J connectivity index is 1.52. The van der Waals surface area contributed by atoms with Crippen LogP contribution in [-0.4, -0.2) is 33.7 Å². The van der Waals surface area contributed by atoms with Crippen LogP contribution in [0.1, 0.15) is 25.3 Å². The van der Waals surface area contributed by atoms with Crippen molar-refractivity contribution in [2.24, 2.45) is 4.99 Å². The van der Waals surface area contributed by atoms with Crippen LogP contribution in [-0.2, 0) is 16.1 Å². The van der Waals surface area contributed by atoms with Gasteiger partial charge in [-0.25, -0.2) is 4.99 Å². The van der Waals surface area contributed by atoms with Crippen molar-refractivity contribution in [1.29, 1.82) is 0 Å². The van der Waals surface area contributed by atoms with Crippen LogP contribution in [0.3, 0.4) is 0 Å². The maximum absolute atomic E-state index is 13.2. The Morgan fingerprint density at radius 2 is 1.80 bits per heavy atom. The highest BCUT2D eigenvalue weighted by atomic mass is 35.5. The standard InChI is InChI=1S/C27H26ClN3O3S/c1-2-16-34-23-14-12-21(13-15-23)29-26(33)24-17-25(32)31(18-19-6-4-3-5-7-19)27(35-24)30-22-10-8-20(28)9-11-22/h3-15,24H,2,16-18H2,1H3,(H,29,33). The third-order valence-electron chi connectivity index (χ3n) is 5.26. The lowest BCUT2D eigenvalue weighted by molar-refractivity contribution is -0.129. The van der Waals surface area contributed by atoms with Crippen molar-refractivity contribution < 1.29 is 14.3 Å². The maximum atomic E-state index is 13.2. The second-order valence-electron chi connectivity index (χ2n) is 8.01. The zero-order chi connectivity index (χ0) is 24.6. The number of nitrogens with one attached hydrogen (secondary N) is 1. The summed E-state index contributed by atoms with van der Waals surface area (Å²) in [5.41, 5.74) is 2.29.